The first-order chi connectivity index (χ1) is 10.9. The lowest BCUT2D eigenvalue weighted by atomic mass is 9.70. The van der Waals surface area contributed by atoms with E-state index in [0.29, 0.717) is 17.4 Å². The summed E-state index contributed by atoms with van der Waals surface area (Å²) in [7, 11) is 0. The lowest BCUT2D eigenvalue weighted by Gasteiger charge is -2.33. The summed E-state index contributed by atoms with van der Waals surface area (Å²) in [6.07, 6.45) is 3.34. The largest absolute Gasteiger partial charge is 0.342 e. The highest BCUT2D eigenvalue weighted by Gasteiger charge is 2.47. The number of hydrogen-bond donors (Lipinski definition) is 2. The van der Waals surface area contributed by atoms with Crippen molar-refractivity contribution in [2.45, 2.75) is 39.5 Å². The summed E-state index contributed by atoms with van der Waals surface area (Å²) < 4.78 is 0. The number of nitrogens with one attached hydrogen (secondary N) is 1. The molecule has 1 aromatic rings. The fourth-order valence-corrected chi connectivity index (χ4v) is 3.97. The smallest absolute Gasteiger partial charge is 0.274 e. The van der Waals surface area contributed by atoms with Crippen LogP contribution in [0.5, 0.6) is 0 Å². The van der Waals surface area contributed by atoms with E-state index in [1.165, 1.54) is 0 Å². The van der Waals surface area contributed by atoms with Crippen molar-refractivity contribution < 1.29 is 14.8 Å². The zero-order chi connectivity index (χ0) is 16.6. The van der Waals surface area contributed by atoms with Crippen LogP contribution in [-0.2, 0) is 17.6 Å². The average Bonchev–Trinajstić information content (AvgIpc) is 2.82. The van der Waals surface area contributed by atoms with E-state index >= 15 is 0 Å². The molecule has 5 heteroatoms. The van der Waals surface area contributed by atoms with Gasteiger partial charge in [-0.05, 0) is 54.9 Å². The molecular weight excluding hydrogens is 292 g/mol. The summed E-state index contributed by atoms with van der Waals surface area (Å²) >= 11 is 0. The maximum atomic E-state index is 12.9. The topological polar surface area (TPSA) is 69.6 Å². The second-order valence-electron chi connectivity index (χ2n) is 7.28. The number of hydroxylamine groups is 1. The molecule has 3 rings (SSSR count). The van der Waals surface area contributed by atoms with Gasteiger partial charge in [-0.25, -0.2) is 5.48 Å². The first-order valence-electron chi connectivity index (χ1n) is 8.31. The van der Waals surface area contributed by atoms with Crippen molar-refractivity contribution in [3.63, 3.8) is 0 Å². The molecule has 0 aromatic heterocycles. The van der Waals surface area contributed by atoms with Crippen molar-refractivity contribution >= 4 is 11.8 Å². The maximum absolute atomic E-state index is 12.9. The standard InChI is InChI=1S/C18H24N2O3/c1-12(2)11-20-8-7-18(17(20)22)6-5-13-9-14(16(21)19-23)3-4-15(13)10-18/h3-4,9,12,23H,5-8,10-11H2,1-2H3,(H,19,21). The number of nitrogens with zero attached hydrogens (tertiary/aromatic N) is 1. The molecule has 2 N–H and O–H groups in total. The van der Waals surface area contributed by atoms with Gasteiger partial charge < -0.3 is 4.90 Å². The number of carbonyl (C=O) groups is 2. The Hall–Kier alpha value is -1.88. The monoisotopic (exact) mass is 316 g/mol. The van der Waals surface area contributed by atoms with E-state index < -0.39 is 5.91 Å². The molecular formula is C18H24N2O3. The van der Waals surface area contributed by atoms with E-state index in [1.54, 1.807) is 11.5 Å². The molecule has 0 radical (unpaired) electrons. The van der Waals surface area contributed by atoms with Gasteiger partial charge in [0, 0.05) is 18.7 Å². The number of rotatable bonds is 3. The number of benzene rings is 1. The van der Waals surface area contributed by atoms with E-state index in [4.69, 9.17) is 5.21 Å². The van der Waals surface area contributed by atoms with Gasteiger partial charge in [-0.15, -0.1) is 0 Å². The zero-order valence-electron chi connectivity index (χ0n) is 13.8. The van der Waals surface area contributed by atoms with Crippen molar-refractivity contribution in [3.8, 4) is 0 Å². The van der Waals surface area contributed by atoms with Crippen molar-refractivity contribution in [3.05, 3.63) is 34.9 Å². The SMILES string of the molecule is CC(C)CN1CCC2(CCc3cc(C(=O)NO)ccc3C2)C1=O. The van der Waals surface area contributed by atoms with Crippen LogP contribution in [0.1, 0.15) is 48.2 Å². The molecule has 0 bridgehead atoms. The molecule has 2 amide bonds. The highest BCUT2D eigenvalue weighted by molar-refractivity contribution is 5.93. The van der Waals surface area contributed by atoms with Crippen molar-refractivity contribution in [1.82, 2.24) is 10.4 Å². The molecule has 1 unspecified atom stereocenters. The van der Waals surface area contributed by atoms with Gasteiger partial charge in [-0.1, -0.05) is 19.9 Å². The van der Waals surface area contributed by atoms with Crippen LogP contribution < -0.4 is 5.48 Å². The van der Waals surface area contributed by atoms with Gasteiger partial charge in [0.05, 0.1) is 5.41 Å². The first kappa shape index (κ1) is 16.0. The van der Waals surface area contributed by atoms with E-state index in [-0.39, 0.29) is 5.41 Å². The number of carbonyl (C=O) groups excluding carboxylic acids is 2. The lowest BCUT2D eigenvalue weighted by molar-refractivity contribution is -0.137. The number of hydrogen-bond acceptors (Lipinski definition) is 3. The molecule has 1 aliphatic heterocycles. The molecule has 1 aromatic carbocycles. The van der Waals surface area contributed by atoms with Crippen LogP contribution in [0.25, 0.3) is 0 Å². The van der Waals surface area contributed by atoms with Crippen molar-refractivity contribution in [1.29, 1.82) is 0 Å². The third-order valence-electron chi connectivity index (χ3n) is 5.16. The Kier molecular flexibility index (Phi) is 4.15. The lowest BCUT2D eigenvalue weighted by Crippen LogP contribution is -2.40. The fraction of sp³-hybridized carbons (Fsp3) is 0.556. The maximum Gasteiger partial charge on any atom is 0.274 e. The van der Waals surface area contributed by atoms with Gasteiger partial charge in [-0.3, -0.25) is 14.8 Å². The Morgan fingerprint density at radius 1 is 1.35 bits per heavy atom. The first-order valence-corrected chi connectivity index (χ1v) is 8.31. The fourth-order valence-electron chi connectivity index (χ4n) is 3.97. The molecule has 124 valence electrons. The normalized spacial score (nSPS) is 23.5. The van der Waals surface area contributed by atoms with Gasteiger partial charge in [0.15, 0.2) is 0 Å². The second kappa shape index (κ2) is 5.96. The van der Waals surface area contributed by atoms with Gasteiger partial charge in [-0.2, -0.15) is 0 Å². The van der Waals surface area contributed by atoms with E-state index in [2.05, 4.69) is 13.8 Å². The Morgan fingerprint density at radius 3 is 2.83 bits per heavy atom. The summed E-state index contributed by atoms with van der Waals surface area (Å²) in [5.41, 5.74) is 4.16. The summed E-state index contributed by atoms with van der Waals surface area (Å²) in [6, 6.07) is 5.48. The molecule has 0 saturated carbocycles. The molecule has 23 heavy (non-hydrogen) atoms. The number of fused-ring (bicyclic) bond motifs is 1. The Labute approximate surface area is 136 Å². The van der Waals surface area contributed by atoms with Gasteiger partial charge >= 0.3 is 0 Å². The van der Waals surface area contributed by atoms with Crippen LogP contribution in [0, 0.1) is 11.3 Å². The van der Waals surface area contributed by atoms with Gasteiger partial charge in [0.1, 0.15) is 0 Å². The summed E-state index contributed by atoms with van der Waals surface area (Å²) in [4.78, 5) is 26.4. The predicted molar refractivity (Wildman–Crippen MR) is 86.2 cm³/mol. The van der Waals surface area contributed by atoms with Crippen LogP contribution in [0.15, 0.2) is 18.2 Å². The number of likely N-dealkylation sites (tertiary alicyclic amines) is 1. The van der Waals surface area contributed by atoms with Crippen LogP contribution in [0.3, 0.4) is 0 Å². The van der Waals surface area contributed by atoms with Crippen LogP contribution in [0.4, 0.5) is 0 Å². The van der Waals surface area contributed by atoms with E-state index in [0.717, 1.165) is 49.9 Å². The minimum atomic E-state index is -0.492. The average molecular weight is 316 g/mol. The second-order valence-corrected chi connectivity index (χ2v) is 7.28. The van der Waals surface area contributed by atoms with Crippen molar-refractivity contribution in [2.24, 2.45) is 11.3 Å². The van der Waals surface area contributed by atoms with Gasteiger partial charge in [0.2, 0.25) is 5.91 Å². The summed E-state index contributed by atoms with van der Waals surface area (Å²) in [5, 5.41) is 8.75. The van der Waals surface area contributed by atoms with Crippen LogP contribution in [0.2, 0.25) is 0 Å². The summed E-state index contributed by atoms with van der Waals surface area (Å²) in [6.45, 7) is 5.98. The Bertz CT molecular complexity index is 641. The van der Waals surface area contributed by atoms with E-state index in [1.807, 2.05) is 17.0 Å². The molecule has 1 fully saturated rings. The quantitative estimate of drug-likeness (QED) is 0.663. The molecule has 1 saturated heterocycles. The summed E-state index contributed by atoms with van der Waals surface area (Å²) in [5.74, 6) is 0.298. The van der Waals surface area contributed by atoms with E-state index in [9.17, 15) is 9.59 Å². The predicted octanol–water partition coefficient (Wildman–Crippen LogP) is 2.17. The minimum absolute atomic E-state index is 0.247. The number of aryl methyl sites for hydroxylation is 1. The highest BCUT2D eigenvalue weighted by atomic mass is 16.5. The molecule has 1 aliphatic carbocycles. The van der Waals surface area contributed by atoms with Crippen molar-refractivity contribution in [2.75, 3.05) is 13.1 Å². The highest BCUT2D eigenvalue weighted by Crippen LogP contribution is 2.44. The van der Waals surface area contributed by atoms with Gasteiger partial charge in [0.25, 0.3) is 5.91 Å². The molecule has 5 nitrogen and oxygen atoms in total. The van der Waals surface area contributed by atoms with Crippen LogP contribution >= 0.6 is 0 Å². The zero-order valence-corrected chi connectivity index (χ0v) is 13.8. The Balaban J connectivity index is 1.81. The number of amides is 2. The third kappa shape index (κ3) is 2.85. The molecule has 1 heterocycles. The third-order valence-corrected chi connectivity index (χ3v) is 5.16. The molecule has 1 atom stereocenters. The Morgan fingerprint density at radius 2 is 2.13 bits per heavy atom. The van der Waals surface area contributed by atoms with Crippen LogP contribution in [-0.4, -0.2) is 35.0 Å². The minimum Gasteiger partial charge on any atom is -0.342 e. The molecule has 1 spiro atoms. The molecule has 2 aliphatic rings.